The highest BCUT2D eigenvalue weighted by Gasteiger charge is 2.06. The maximum atomic E-state index is 8.79. The first-order chi connectivity index (χ1) is 10.2. The van der Waals surface area contributed by atoms with Gasteiger partial charge in [0.15, 0.2) is 0 Å². The van der Waals surface area contributed by atoms with Crippen molar-refractivity contribution in [3.63, 3.8) is 0 Å². The molecule has 0 radical (unpaired) electrons. The lowest BCUT2D eigenvalue weighted by Gasteiger charge is -2.19. The van der Waals surface area contributed by atoms with Gasteiger partial charge in [-0.05, 0) is 45.8 Å². The van der Waals surface area contributed by atoms with Gasteiger partial charge in [-0.3, -0.25) is 4.68 Å². The van der Waals surface area contributed by atoms with E-state index in [0.717, 1.165) is 38.3 Å². The molecule has 1 rings (SSSR count). The molecule has 122 valence electrons. The number of nitrogens with zero attached hydrogens (tertiary/aromatic N) is 4. The topological polar surface area (TPSA) is 66.2 Å². The van der Waals surface area contributed by atoms with Crippen LogP contribution in [0.2, 0.25) is 0 Å². The Morgan fingerprint density at radius 2 is 2.10 bits per heavy atom. The van der Waals surface area contributed by atoms with Gasteiger partial charge >= 0.3 is 0 Å². The first kappa shape index (κ1) is 18.1. The minimum atomic E-state index is 0.191. The predicted octanol–water partition coefficient (Wildman–Crippen LogP) is 1.26. The molecule has 1 heterocycles. The molecule has 6 nitrogen and oxygen atoms in total. The highest BCUT2D eigenvalue weighted by Crippen LogP contribution is 2.01. The molecule has 0 aliphatic heterocycles. The molecular formula is C15H31N5O. The Kier molecular flexibility index (Phi) is 9.21. The van der Waals surface area contributed by atoms with Crippen molar-refractivity contribution in [1.29, 1.82) is 0 Å². The molecule has 0 aliphatic rings. The van der Waals surface area contributed by atoms with Crippen molar-refractivity contribution >= 4 is 0 Å². The molecule has 0 fully saturated rings. The summed E-state index contributed by atoms with van der Waals surface area (Å²) < 4.78 is 1.79. The van der Waals surface area contributed by atoms with Gasteiger partial charge in [-0.15, -0.1) is 5.10 Å². The number of hydrogen-bond acceptors (Lipinski definition) is 5. The Labute approximate surface area is 128 Å². The molecule has 1 atom stereocenters. The Hall–Kier alpha value is -0.980. The van der Waals surface area contributed by atoms with Crippen LogP contribution >= 0.6 is 0 Å². The molecule has 0 aromatic carbocycles. The fourth-order valence-electron chi connectivity index (χ4n) is 2.30. The van der Waals surface area contributed by atoms with Gasteiger partial charge in [0.05, 0.1) is 5.69 Å². The molecular weight excluding hydrogens is 266 g/mol. The summed E-state index contributed by atoms with van der Waals surface area (Å²) in [7, 11) is 0. The minimum Gasteiger partial charge on any atom is -0.396 e. The van der Waals surface area contributed by atoms with E-state index in [2.05, 4.69) is 41.3 Å². The Bertz CT molecular complexity index is 365. The molecule has 0 amide bonds. The molecule has 6 heteroatoms. The van der Waals surface area contributed by atoms with E-state index in [1.54, 1.807) is 4.68 Å². The molecule has 0 spiro atoms. The van der Waals surface area contributed by atoms with Gasteiger partial charge in [-0.1, -0.05) is 19.1 Å². The van der Waals surface area contributed by atoms with Crippen LogP contribution in [0.3, 0.4) is 0 Å². The maximum absolute atomic E-state index is 8.79. The number of aryl methyl sites for hydroxylation is 1. The van der Waals surface area contributed by atoms with Gasteiger partial charge in [0, 0.05) is 31.9 Å². The highest BCUT2D eigenvalue weighted by atomic mass is 16.3. The minimum absolute atomic E-state index is 0.191. The van der Waals surface area contributed by atoms with E-state index < -0.39 is 0 Å². The molecule has 21 heavy (non-hydrogen) atoms. The molecule has 0 saturated carbocycles. The van der Waals surface area contributed by atoms with Crippen LogP contribution in [-0.4, -0.2) is 57.3 Å². The second-order valence-corrected chi connectivity index (χ2v) is 5.50. The lowest BCUT2D eigenvalue weighted by atomic mass is 10.1. The Morgan fingerprint density at radius 1 is 1.33 bits per heavy atom. The summed E-state index contributed by atoms with van der Waals surface area (Å²) >= 11 is 0. The summed E-state index contributed by atoms with van der Waals surface area (Å²) in [5.41, 5.74) is 0.962. The van der Waals surface area contributed by atoms with Crippen molar-refractivity contribution < 1.29 is 5.11 Å². The second-order valence-electron chi connectivity index (χ2n) is 5.50. The fraction of sp³-hybridized carbons (Fsp3) is 0.867. The van der Waals surface area contributed by atoms with Crippen molar-refractivity contribution in [1.82, 2.24) is 25.2 Å². The molecule has 0 aliphatic carbocycles. The van der Waals surface area contributed by atoms with E-state index >= 15 is 0 Å². The number of aromatic nitrogens is 3. The lowest BCUT2D eigenvalue weighted by molar-refractivity contribution is 0.276. The molecule has 1 aromatic rings. The first-order valence-electron chi connectivity index (χ1n) is 8.15. The molecule has 0 bridgehead atoms. The van der Waals surface area contributed by atoms with Crippen LogP contribution < -0.4 is 5.32 Å². The van der Waals surface area contributed by atoms with Crippen LogP contribution in [0.5, 0.6) is 0 Å². The van der Waals surface area contributed by atoms with Crippen molar-refractivity contribution in [2.24, 2.45) is 0 Å². The van der Waals surface area contributed by atoms with Crippen molar-refractivity contribution in [3.05, 3.63) is 11.9 Å². The standard InChI is InChI=1S/C15H31N5O/c1-4-19(5-2)9-6-8-14(3)16-12-15-13-20(18-17-15)10-7-11-21/h13-14,16,21H,4-12H2,1-3H3. The van der Waals surface area contributed by atoms with Crippen LogP contribution in [0.25, 0.3) is 0 Å². The molecule has 2 N–H and O–H groups in total. The number of nitrogens with one attached hydrogen (secondary N) is 1. The molecule has 1 unspecified atom stereocenters. The van der Waals surface area contributed by atoms with Crippen LogP contribution in [0.4, 0.5) is 0 Å². The van der Waals surface area contributed by atoms with E-state index in [0.29, 0.717) is 6.04 Å². The summed E-state index contributed by atoms with van der Waals surface area (Å²) in [5.74, 6) is 0. The van der Waals surface area contributed by atoms with Crippen molar-refractivity contribution in [2.45, 2.75) is 59.2 Å². The van der Waals surface area contributed by atoms with Gasteiger partial charge in [-0.2, -0.15) is 0 Å². The molecule has 0 saturated heterocycles. The van der Waals surface area contributed by atoms with Gasteiger partial charge in [-0.25, -0.2) is 0 Å². The fourth-order valence-corrected chi connectivity index (χ4v) is 2.30. The summed E-state index contributed by atoms with van der Waals surface area (Å²) in [4.78, 5) is 2.46. The quantitative estimate of drug-likeness (QED) is 0.608. The SMILES string of the molecule is CCN(CC)CCCC(C)NCc1cn(CCCO)nn1. The average molecular weight is 297 g/mol. The van der Waals surface area contributed by atoms with Crippen LogP contribution in [0, 0.1) is 0 Å². The van der Waals surface area contributed by atoms with Gasteiger partial charge in [0.25, 0.3) is 0 Å². The zero-order valence-electron chi connectivity index (χ0n) is 13.8. The highest BCUT2D eigenvalue weighted by molar-refractivity contribution is 4.91. The third-order valence-corrected chi connectivity index (χ3v) is 3.77. The monoisotopic (exact) mass is 297 g/mol. The van der Waals surface area contributed by atoms with E-state index in [1.807, 2.05) is 6.20 Å². The van der Waals surface area contributed by atoms with E-state index in [1.165, 1.54) is 19.4 Å². The molecule has 1 aromatic heterocycles. The Morgan fingerprint density at radius 3 is 2.76 bits per heavy atom. The third-order valence-electron chi connectivity index (χ3n) is 3.77. The van der Waals surface area contributed by atoms with Crippen LogP contribution in [0.15, 0.2) is 6.20 Å². The second kappa shape index (κ2) is 10.7. The number of rotatable bonds is 12. The summed E-state index contributed by atoms with van der Waals surface area (Å²) in [6.07, 6.45) is 5.07. The number of aliphatic hydroxyl groups excluding tert-OH is 1. The van der Waals surface area contributed by atoms with Crippen molar-refractivity contribution in [3.8, 4) is 0 Å². The normalized spacial score (nSPS) is 13.0. The summed E-state index contributed by atoms with van der Waals surface area (Å²) in [6, 6.07) is 0.489. The maximum Gasteiger partial charge on any atom is 0.0964 e. The predicted molar refractivity (Wildman–Crippen MR) is 85.0 cm³/mol. The number of hydrogen-bond donors (Lipinski definition) is 2. The van der Waals surface area contributed by atoms with Crippen LogP contribution in [-0.2, 0) is 13.1 Å². The lowest BCUT2D eigenvalue weighted by Crippen LogP contribution is -2.28. The third kappa shape index (κ3) is 7.55. The van der Waals surface area contributed by atoms with Crippen LogP contribution in [0.1, 0.15) is 45.7 Å². The smallest absolute Gasteiger partial charge is 0.0964 e. The number of aliphatic hydroxyl groups is 1. The summed E-state index contributed by atoms with van der Waals surface area (Å²) in [6.45, 7) is 11.8. The van der Waals surface area contributed by atoms with Gasteiger partial charge in [0.2, 0.25) is 0 Å². The average Bonchev–Trinajstić information content (AvgIpc) is 2.95. The first-order valence-corrected chi connectivity index (χ1v) is 8.15. The van der Waals surface area contributed by atoms with E-state index in [9.17, 15) is 0 Å². The van der Waals surface area contributed by atoms with Crippen molar-refractivity contribution in [2.75, 3.05) is 26.2 Å². The summed E-state index contributed by atoms with van der Waals surface area (Å²) in [5, 5.41) is 20.5. The van der Waals surface area contributed by atoms with Gasteiger partial charge < -0.3 is 15.3 Å². The van der Waals surface area contributed by atoms with E-state index in [4.69, 9.17) is 5.11 Å². The largest absolute Gasteiger partial charge is 0.396 e. The van der Waals surface area contributed by atoms with Gasteiger partial charge in [0.1, 0.15) is 0 Å². The Balaban J connectivity index is 2.17. The zero-order chi connectivity index (χ0) is 15.5. The zero-order valence-corrected chi connectivity index (χ0v) is 13.8. The van der Waals surface area contributed by atoms with E-state index in [-0.39, 0.29) is 6.61 Å².